The van der Waals surface area contributed by atoms with Crippen molar-refractivity contribution >= 4 is 27.9 Å². The van der Waals surface area contributed by atoms with Gasteiger partial charge in [0.15, 0.2) is 0 Å². The van der Waals surface area contributed by atoms with Crippen LogP contribution in [0, 0.1) is 11.8 Å². The molecular weight excluding hydrogens is 436 g/mol. The van der Waals surface area contributed by atoms with Crippen molar-refractivity contribution < 1.29 is 24.2 Å². The fourth-order valence-electron chi connectivity index (χ4n) is 5.05. The van der Waals surface area contributed by atoms with E-state index in [1.807, 2.05) is 32.9 Å². The van der Waals surface area contributed by atoms with Gasteiger partial charge in [-0.2, -0.15) is 0 Å². The first-order valence-electron chi connectivity index (χ1n) is 10.5. The largest absolute Gasteiger partial charge is 0.481 e. The topological polar surface area (TPSA) is 72.8 Å². The van der Waals surface area contributed by atoms with Crippen molar-refractivity contribution in [2.75, 3.05) is 0 Å². The maximum Gasteiger partial charge on any atom is 0.338 e. The third-order valence-corrected chi connectivity index (χ3v) is 7.09. The lowest BCUT2D eigenvalue weighted by Gasteiger charge is -2.51. The number of esters is 1. The Morgan fingerprint density at radius 3 is 2.28 bits per heavy atom. The molecule has 0 spiro atoms. The van der Waals surface area contributed by atoms with Gasteiger partial charge in [0.05, 0.1) is 17.1 Å². The summed E-state index contributed by atoms with van der Waals surface area (Å²) in [4.78, 5) is 24.6. The van der Waals surface area contributed by atoms with Crippen LogP contribution in [0.25, 0.3) is 0 Å². The summed E-state index contributed by atoms with van der Waals surface area (Å²) in [6.45, 7) is 5.65. The van der Waals surface area contributed by atoms with Crippen LogP contribution in [0.1, 0.15) is 76.1 Å². The van der Waals surface area contributed by atoms with Gasteiger partial charge in [0.25, 0.3) is 0 Å². The molecule has 2 fully saturated rings. The number of carboxylic acids is 1. The Bertz CT molecular complexity index is 738. The van der Waals surface area contributed by atoms with Gasteiger partial charge in [-0.25, -0.2) is 4.79 Å². The van der Waals surface area contributed by atoms with Crippen LogP contribution in [0.2, 0.25) is 0 Å². The van der Waals surface area contributed by atoms with Crippen molar-refractivity contribution in [1.82, 2.24) is 0 Å². The van der Waals surface area contributed by atoms with Crippen molar-refractivity contribution in [3.63, 3.8) is 0 Å². The van der Waals surface area contributed by atoms with Gasteiger partial charge in [-0.3, -0.25) is 4.79 Å². The summed E-state index contributed by atoms with van der Waals surface area (Å²) >= 11 is 3.39. The van der Waals surface area contributed by atoms with Gasteiger partial charge in [0.2, 0.25) is 0 Å². The van der Waals surface area contributed by atoms with E-state index in [1.165, 1.54) is 6.42 Å². The molecule has 1 aromatic carbocycles. The van der Waals surface area contributed by atoms with Crippen LogP contribution in [-0.4, -0.2) is 34.4 Å². The standard InChI is InChI=1S/C23H31BrO5/c1-22(2)18(20(25)26)13-14-23(3,29-22)19(15-7-5-4-6-8-15)28-21(27)16-9-11-17(24)12-10-16/h9-12,15,18-19H,4-8,13-14H2,1-3H3,(H,25,26)/t18-,19+,23-/m0/s1. The average Bonchev–Trinajstić information content (AvgIpc) is 2.66. The zero-order chi connectivity index (χ0) is 21.2. The van der Waals surface area contributed by atoms with Crippen LogP contribution < -0.4 is 0 Å². The quantitative estimate of drug-likeness (QED) is 0.571. The maximum atomic E-state index is 12.9. The zero-order valence-corrected chi connectivity index (χ0v) is 19.0. The zero-order valence-electron chi connectivity index (χ0n) is 17.4. The Labute approximate surface area is 181 Å². The van der Waals surface area contributed by atoms with Crippen LogP contribution in [0.3, 0.4) is 0 Å². The molecule has 160 valence electrons. The highest BCUT2D eigenvalue weighted by Gasteiger charge is 2.53. The first-order valence-corrected chi connectivity index (χ1v) is 11.3. The predicted octanol–water partition coefficient (Wildman–Crippen LogP) is 5.60. The molecule has 2 aliphatic rings. The number of ether oxygens (including phenoxy) is 2. The molecule has 5 nitrogen and oxygen atoms in total. The molecule has 1 N–H and O–H groups in total. The van der Waals surface area contributed by atoms with Crippen LogP contribution >= 0.6 is 15.9 Å². The van der Waals surface area contributed by atoms with Gasteiger partial charge in [-0.1, -0.05) is 35.2 Å². The molecule has 1 heterocycles. The minimum atomic E-state index is -0.835. The van der Waals surface area contributed by atoms with E-state index < -0.39 is 29.2 Å². The molecule has 0 amide bonds. The lowest BCUT2D eigenvalue weighted by Crippen LogP contribution is -2.59. The second-order valence-corrected chi connectivity index (χ2v) is 10.1. The highest BCUT2D eigenvalue weighted by molar-refractivity contribution is 9.10. The number of carbonyl (C=O) groups is 2. The molecular formula is C23H31BrO5. The van der Waals surface area contributed by atoms with Crippen molar-refractivity contribution in [2.24, 2.45) is 11.8 Å². The summed E-state index contributed by atoms with van der Waals surface area (Å²) in [5.74, 6) is -1.52. The summed E-state index contributed by atoms with van der Waals surface area (Å²) < 4.78 is 13.5. The lowest BCUT2D eigenvalue weighted by atomic mass is 9.72. The monoisotopic (exact) mass is 466 g/mol. The van der Waals surface area contributed by atoms with Gasteiger partial charge in [-0.05, 0) is 76.6 Å². The fraction of sp³-hybridized carbons (Fsp3) is 0.652. The Kier molecular flexibility index (Phi) is 6.74. The third kappa shape index (κ3) is 5.02. The van der Waals surface area contributed by atoms with E-state index in [1.54, 1.807) is 12.1 Å². The second-order valence-electron chi connectivity index (χ2n) is 9.18. The van der Waals surface area contributed by atoms with Crippen molar-refractivity contribution in [3.8, 4) is 0 Å². The van der Waals surface area contributed by atoms with Crippen LogP contribution in [-0.2, 0) is 14.3 Å². The van der Waals surface area contributed by atoms with Crippen LogP contribution in [0.4, 0.5) is 0 Å². The lowest BCUT2D eigenvalue weighted by molar-refractivity contribution is -0.241. The molecule has 1 aromatic rings. The summed E-state index contributed by atoms with van der Waals surface area (Å²) in [5, 5.41) is 9.58. The third-order valence-electron chi connectivity index (χ3n) is 6.56. The molecule has 3 atom stereocenters. The molecule has 0 bridgehead atoms. The normalized spacial score (nSPS) is 28.5. The smallest absolute Gasteiger partial charge is 0.338 e. The summed E-state index contributed by atoms with van der Waals surface area (Å²) in [7, 11) is 0. The number of aliphatic carboxylic acids is 1. The minimum absolute atomic E-state index is 0.227. The molecule has 6 heteroatoms. The molecule has 1 saturated heterocycles. The molecule has 3 rings (SSSR count). The molecule has 1 aliphatic heterocycles. The maximum absolute atomic E-state index is 12.9. The Morgan fingerprint density at radius 2 is 1.72 bits per heavy atom. The van der Waals surface area contributed by atoms with E-state index in [9.17, 15) is 14.7 Å². The number of rotatable bonds is 5. The van der Waals surface area contributed by atoms with Gasteiger partial charge >= 0.3 is 11.9 Å². The van der Waals surface area contributed by atoms with Crippen molar-refractivity contribution in [1.29, 1.82) is 0 Å². The number of hydrogen-bond donors (Lipinski definition) is 1. The second kappa shape index (κ2) is 8.76. The highest BCUT2D eigenvalue weighted by atomic mass is 79.9. The molecule has 1 aliphatic carbocycles. The average molecular weight is 467 g/mol. The Balaban J connectivity index is 1.86. The van der Waals surface area contributed by atoms with E-state index in [0.29, 0.717) is 18.4 Å². The SMILES string of the molecule is CC1(C)O[C@](C)([C@H](OC(=O)c2ccc(Br)cc2)C2CCCCC2)CC[C@H]1C(=O)O. The van der Waals surface area contributed by atoms with Gasteiger partial charge in [0.1, 0.15) is 11.7 Å². The molecule has 0 aromatic heterocycles. The van der Waals surface area contributed by atoms with Gasteiger partial charge in [-0.15, -0.1) is 0 Å². The van der Waals surface area contributed by atoms with Crippen molar-refractivity contribution in [3.05, 3.63) is 34.3 Å². The number of halogens is 1. The van der Waals surface area contributed by atoms with E-state index >= 15 is 0 Å². The first-order chi connectivity index (χ1) is 13.6. The van der Waals surface area contributed by atoms with Gasteiger partial charge < -0.3 is 14.6 Å². The van der Waals surface area contributed by atoms with E-state index in [-0.39, 0.29) is 11.9 Å². The molecule has 29 heavy (non-hydrogen) atoms. The number of benzene rings is 1. The summed E-state index contributed by atoms with van der Waals surface area (Å²) in [6.07, 6.45) is 6.12. The fourth-order valence-corrected chi connectivity index (χ4v) is 5.31. The highest BCUT2D eigenvalue weighted by Crippen LogP contribution is 2.45. The predicted molar refractivity (Wildman–Crippen MR) is 114 cm³/mol. The Morgan fingerprint density at radius 1 is 1.10 bits per heavy atom. The summed E-state index contributed by atoms with van der Waals surface area (Å²) in [6, 6.07) is 7.15. The number of carboxylic acid groups (broad SMARTS) is 1. The van der Waals surface area contributed by atoms with Crippen LogP contribution in [0.5, 0.6) is 0 Å². The number of carbonyl (C=O) groups excluding carboxylic acids is 1. The van der Waals surface area contributed by atoms with E-state index in [2.05, 4.69) is 15.9 Å². The van der Waals surface area contributed by atoms with Crippen LogP contribution in [0.15, 0.2) is 28.7 Å². The molecule has 1 saturated carbocycles. The van der Waals surface area contributed by atoms with E-state index in [0.717, 1.165) is 30.2 Å². The Hall–Kier alpha value is -1.40. The number of hydrogen-bond acceptors (Lipinski definition) is 4. The van der Waals surface area contributed by atoms with Crippen molar-refractivity contribution in [2.45, 2.75) is 83.0 Å². The summed E-state index contributed by atoms with van der Waals surface area (Å²) in [5.41, 5.74) is -1.02. The molecule has 0 radical (unpaired) electrons. The van der Waals surface area contributed by atoms with Gasteiger partial charge in [0, 0.05) is 4.47 Å². The first kappa shape index (κ1) is 22.3. The molecule has 0 unspecified atom stereocenters. The minimum Gasteiger partial charge on any atom is -0.481 e. The van der Waals surface area contributed by atoms with E-state index in [4.69, 9.17) is 9.47 Å².